The number of benzene rings is 1. The molecular formula is C18H18N2O3. The average Bonchev–Trinajstić information content (AvgIpc) is 2.82. The maximum absolute atomic E-state index is 12.8. The molecule has 0 saturated heterocycles. The summed E-state index contributed by atoms with van der Waals surface area (Å²) >= 11 is 0. The SMILES string of the molecule is CCOC(=O)c1c(=O)n(Cc2ccccc2)n2c(C)cccc12. The van der Waals surface area contributed by atoms with Gasteiger partial charge in [0.05, 0.1) is 18.7 Å². The van der Waals surface area contributed by atoms with Crippen LogP contribution in [-0.4, -0.2) is 21.8 Å². The molecule has 0 unspecified atom stereocenters. The summed E-state index contributed by atoms with van der Waals surface area (Å²) in [7, 11) is 0. The first-order valence-electron chi connectivity index (χ1n) is 7.55. The Hall–Kier alpha value is -2.82. The number of rotatable bonds is 4. The predicted octanol–water partition coefficient (Wildman–Crippen LogP) is 2.63. The summed E-state index contributed by atoms with van der Waals surface area (Å²) in [6.07, 6.45) is 0. The second-order valence-corrected chi connectivity index (χ2v) is 5.31. The molecule has 3 rings (SSSR count). The van der Waals surface area contributed by atoms with Crippen molar-refractivity contribution in [2.75, 3.05) is 6.61 Å². The summed E-state index contributed by atoms with van der Waals surface area (Å²) in [6, 6.07) is 15.2. The van der Waals surface area contributed by atoms with Gasteiger partial charge in [0.15, 0.2) is 5.56 Å². The molecule has 0 spiro atoms. The van der Waals surface area contributed by atoms with Gasteiger partial charge in [0.2, 0.25) is 0 Å². The van der Waals surface area contributed by atoms with Gasteiger partial charge in [0.1, 0.15) is 0 Å². The van der Waals surface area contributed by atoms with Crippen molar-refractivity contribution in [3.05, 3.63) is 75.7 Å². The zero-order valence-electron chi connectivity index (χ0n) is 13.2. The first-order chi connectivity index (χ1) is 11.1. The van der Waals surface area contributed by atoms with Crippen LogP contribution in [0.5, 0.6) is 0 Å². The van der Waals surface area contributed by atoms with Crippen molar-refractivity contribution in [1.29, 1.82) is 0 Å². The van der Waals surface area contributed by atoms with E-state index < -0.39 is 5.97 Å². The van der Waals surface area contributed by atoms with Crippen molar-refractivity contribution < 1.29 is 9.53 Å². The second-order valence-electron chi connectivity index (χ2n) is 5.31. The summed E-state index contributed by atoms with van der Waals surface area (Å²) in [6.45, 7) is 4.26. The average molecular weight is 310 g/mol. The highest BCUT2D eigenvalue weighted by Gasteiger charge is 2.22. The quantitative estimate of drug-likeness (QED) is 0.696. The third-order valence-corrected chi connectivity index (χ3v) is 3.75. The van der Waals surface area contributed by atoms with Crippen LogP contribution in [0.3, 0.4) is 0 Å². The number of hydrogen-bond acceptors (Lipinski definition) is 3. The van der Waals surface area contributed by atoms with E-state index in [2.05, 4.69) is 0 Å². The van der Waals surface area contributed by atoms with E-state index in [-0.39, 0.29) is 17.7 Å². The second kappa shape index (κ2) is 6.12. The number of carbonyl (C=O) groups excluding carboxylic acids is 1. The number of pyridine rings is 1. The minimum atomic E-state index is -0.576. The molecule has 0 aliphatic rings. The van der Waals surface area contributed by atoms with Crippen molar-refractivity contribution in [3.63, 3.8) is 0 Å². The first-order valence-corrected chi connectivity index (χ1v) is 7.55. The highest BCUT2D eigenvalue weighted by molar-refractivity contribution is 5.96. The maximum atomic E-state index is 12.8. The number of aryl methyl sites for hydroxylation is 1. The highest BCUT2D eigenvalue weighted by Crippen LogP contribution is 2.14. The van der Waals surface area contributed by atoms with Gasteiger partial charge < -0.3 is 4.74 Å². The Morgan fingerprint density at radius 3 is 2.52 bits per heavy atom. The van der Waals surface area contributed by atoms with E-state index in [1.165, 1.54) is 0 Å². The number of fused-ring (bicyclic) bond motifs is 1. The summed E-state index contributed by atoms with van der Waals surface area (Å²) in [4.78, 5) is 25.0. The van der Waals surface area contributed by atoms with Crippen molar-refractivity contribution in [1.82, 2.24) is 9.20 Å². The van der Waals surface area contributed by atoms with Gasteiger partial charge in [-0.05, 0) is 31.5 Å². The standard InChI is InChI=1S/C18H18N2O3/c1-3-23-18(22)16-15-11-7-8-13(2)20(15)19(17(16)21)12-14-9-5-4-6-10-14/h4-11H,3,12H2,1-2H3. The van der Waals surface area contributed by atoms with Gasteiger partial charge in [-0.15, -0.1) is 0 Å². The Bertz CT molecular complexity index is 907. The fourth-order valence-electron chi connectivity index (χ4n) is 2.74. The van der Waals surface area contributed by atoms with Crippen molar-refractivity contribution in [2.24, 2.45) is 0 Å². The first kappa shape index (κ1) is 15.1. The summed E-state index contributed by atoms with van der Waals surface area (Å²) in [5.41, 5.74) is 2.20. The zero-order valence-corrected chi connectivity index (χ0v) is 13.2. The van der Waals surface area contributed by atoms with E-state index in [1.54, 1.807) is 22.2 Å². The molecule has 1 aromatic carbocycles. The number of esters is 1. The van der Waals surface area contributed by atoms with Gasteiger partial charge in [-0.2, -0.15) is 0 Å². The molecular weight excluding hydrogens is 292 g/mol. The molecule has 2 heterocycles. The van der Waals surface area contributed by atoms with Gasteiger partial charge in [-0.25, -0.2) is 9.48 Å². The molecule has 0 radical (unpaired) electrons. The van der Waals surface area contributed by atoms with Gasteiger partial charge in [-0.1, -0.05) is 36.4 Å². The van der Waals surface area contributed by atoms with Crippen LogP contribution in [0.2, 0.25) is 0 Å². The van der Waals surface area contributed by atoms with Crippen LogP contribution in [0.1, 0.15) is 28.5 Å². The lowest BCUT2D eigenvalue weighted by atomic mass is 10.2. The fraction of sp³-hybridized carbons (Fsp3) is 0.222. The largest absolute Gasteiger partial charge is 0.462 e. The predicted molar refractivity (Wildman–Crippen MR) is 87.9 cm³/mol. The Balaban J connectivity index is 2.23. The Morgan fingerprint density at radius 1 is 1.09 bits per heavy atom. The number of aromatic nitrogens is 2. The topological polar surface area (TPSA) is 52.7 Å². The van der Waals surface area contributed by atoms with Crippen molar-refractivity contribution in [2.45, 2.75) is 20.4 Å². The summed E-state index contributed by atoms with van der Waals surface area (Å²) in [5, 5.41) is 0. The van der Waals surface area contributed by atoms with Crippen LogP contribution in [-0.2, 0) is 11.3 Å². The van der Waals surface area contributed by atoms with Crippen LogP contribution in [0.4, 0.5) is 0 Å². The van der Waals surface area contributed by atoms with Gasteiger partial charge >= 0.3 is 5.97 Å². The molecule has 118 valence electrons. The van der Waals surface area contributed by atoms with Crippen molar-refractivity contribution in [3.8, 4) is 0 Å². The molecule has 0 amide bonds. The monoisotopic (exact) mass is 310 g/mol. The molecule has 0 aliphatic heterocycles. The molecule has 0 N–H and O–H groups in total. The fourth-order valence-corrected chi connectivity index (χ4v) is 2.74. The maximum Gasteiger partial charge on any atom is 0.346 e. The van der Waals surface area contributed by atoms with Crippen molar-refractivity contribution >= 4 is 11.5 Å². The van der Waals surface area contributed by atoms with Crippen LogP contribution < -0.4 is 5.56 Å². The minimum Gasteiger partial charge on any atom is -0.462 e. The van der Waals surface area contributed by atoms with E-state index >= 15 is 0 Å². The molecule has 3 aromatic rings. The molecule has 0 fully saturated rings. The number of ether oxygens (including phenoxy) is 1. The van der Waals surface area contributed by atoms with E-state index in [0.717, 1.165) is 11.3 Å². The Morgan fingerprint density at radius 2 is 1.83 bits per heavy atom. The lowest BCUT2D eigenvalue weighted by Gasteiger charge is -2.09. The molecule has 2 aromatic heterocycles. The van der Waals surface area contributed by atoms with Gasteiger partial charge in [0.25, 0.3) is 5.56 Å². The van der Waals surface area contributed by atoms with E-state index in [4.69, 9.17) is 4.74 Å². The molecule has 5 nitrogen and oxygen atoms in total. The van der Waals surface area contributed by atoms with Gasteiger partial charge in [0, 0.05) is 5.69 Å². The molecule has 23 heavy (non-hydrogen) atoms. The van der Waals surface area contributed by atoms with Crippen LogP contribution in [0.25, 0.3) is 5.52 Å². The van der Waals surface area contributed by atoms with E-state index in [1.807, 2.05) is 49.4 Å². The molecule has 0 bridgehead atoms. The normalized spacial score (nSPS) is 10.9. The lowest BCUT2D eigenvalue weighted by molar-refractivity contribution is 0.0527. The van der Waals surface area contributed by atoms with Gasteiger partial charge in [-0.3, -0.25) is 9.31 Å². The summed E-state index contributed by atoms with van der Waals surface area (Å²) in [5.74, 6) is -0.576. The van der Waals surface area contributed by atoms with Crippen LogP contribution in [0.15, 0.2) is 53.3 Å². The zero-order chi connectivity index (χ0) is 16.4. The Kier molecular flexibility index (Phi) is 4.02. The molecule has 5 heteroatoms. The third-order valence-electron chi connectivity index (χ3n) is 3.75. The number of carbonyl (C=O) groups is 1. The third kappa shape index (κ3) is 2.65. The van der Waals surface area contributed by atoms with E-state index in [9.17, 15) is 9.59 Å². The minimum absolute atomic E-state index is 0.0893. The molecule has 0 saturated carbocycles. The molecule has 0 atom stereocenters. The van der Waals surface area contributed by atoms with Crippen LogP contribution in [0, 0.1) is 6.92 Å². The van der Waals surface area contributed by atoms with E-state index in [0.29, 0.717) is 12.1 Å². The lowest BCUT2D eigenvalue weighted by Crippen LogP contribution is -2.24. The highest BCUT2D eigenvalue weighted by atomic mass is 16.5. The molecule has 0 aliphatic carbocycles. The number of nitrogens with zero attached hydrogens (tertiary/aromatic N) is 2. The van der Waals surface area contributed by atoms with Crippen LogP contribution >= 0.6 is 0 Å². The number of hydrogen-bond donors (Lipinski definition) is 0. The Labute approximate surface area is 133 Å². The summed E-state index contributed by atoms with van der Waals surface area (Å²) < 4.78 is 8.41. The smallest absolute Gasteiger partial charge is 0.346 e.